The number of hydrogen-bond donors (Lipinski definition) is 0. The molecule has 0 radical (unpaired) electrons. The SMILES string of the molecule is Cc1cc(C(C)(C)C)cc(C)c1-c1cc2nc(-c3ccccc3)ccc2o1. The summed E-state index contributed by atoms with van der Waals surface area (Å²) in [7, 11) is 0. The lowest BCUT2D eigenvalue weighted by molar-refractivity contribution is 0.588. The Bertz CT molecular complexity index is 1090. The predicted octanol–water partition coefficient (Wildman–Crippen LogP) is 7.08. The predicted molar refractivity (Wildman–Crippen MR) is 113 cm³/mol. The molecule has 2 aromatic carbocycles. The van der Waals surface area contributed by atoms with E-state index in [1.165, 1.54) is 22.3 Å². The molecule has 2 nitrogen and oxygen atoms in total. The van der Waals surface area contributed by atoms with Gasteiger partial charge in [0.1, 0.15) is 11.3 Å². The summed E-state index contributed by atoms with van der Waals surface area (Å²) in [5.74, 6) is 0.887. The molecular formula is C25H25NO. The van der Waals surface area contributed by atoms with Gasteiger partial charge < -0.3 is 4.42 Å². The number of nitrogens with zero attached hydrogens (tertiary/aromatic N) is 1. The zero-order valence-electron chi connectivity index (χ0n) is 16.6. The number of rotatable bonds is 2. The number of aryl methyl sites for hydroxylation is 2. The minimum Gasteiger partial charge on any atom is -0.454 e. The summed E-state index contributed by atoms with van der Waals surface area (Å²) in [6.45, 7) is 11.1. The minimum absolute atomic E-state index is 0.133. The number of benzene rings is 2. The molecule has 27 heavy (non-hydrogen) atoms. The maximum absolute atomic E-state index is 6.17. The van der Waals surface area contributed by atoms with E-state index in [0.717, 1.165) is 28.1 Å². The molecule has 4 rings (SSSR count). The summed E-state index contributed by atoms with van der Waals surface area (Å²) in [6.07, 6.45) is 0. The molecule has 0 aliphatic rings. The highest BCUT2D eigenvalue weighted by Crippen LogP contribution is 2.35. The van der Waals surface area contributed by atoms with E-state index in [1.54, 1.807) is 0 Å². The van der Waals surface area contributed by atoms with Crippen molar-refractivity contribution in [1.29, 1.82) is 0 Å². The quantitative estimate of drug-likeness (QED) is 0.384. The van der Waals surface area contributed by atoms with Crippen LogP contribution in [-0.4, -0.2) is 4.98 Å². The summed E-state index contributed by atoms with van der Waals surface area (Å²) in [4.78, 5) is 4.81. The molecule has 0 amide bonds. The van der Waals surface area contributed by atoms with Crippen molar-refractivity contribution in [2.24, 2.45) is 0 Å². The first-order valence-electron chi connectivity index (χ1n) is 9.41. The summed E-state index contributed by atoms with van der Waals surface area (Å²) in [5, 5.41) is 0. The highest BCUT2D eigenvalue weighted by molar-refractivity contribution is 5.83. The number of furan rings is 1. The smallest absolute Gasteiger partial charge is 0.153 e. The van der Waals surface area contributed by atoms with Gasteiger partial charge in [0.15, 0.2) is 5.58 Å². The van der Waals surface area contributed by atoms with Crippen LogP contribution in [0, 0.1) is 13.8 Å². The van der Waals surface area contributed by atoms with Gasteiger partial charge in [-0.1, -0.05) is 63.2 Å². The Hall–Kier alpha value is -2.87. The zero-order chi connectivity index (χ0) is 19.2. The highest BCUT2D eigenvalue weighted by Gasteiger charge is 2.19. The van der Waals surface area contributed by atoms with Gasteiger partial charge in [0.2, 0.25) is 0 Å². The third-order valence-corrected chi connectivity index (χ3v) is 5.09. The fraction of sp³-hybridized carbons (Fsp3) is 0.240. The van der Waals surface area contributed by atoms with Crippen molar-refractivity contribution in [3.63, 3.8) is 0 Å². The monoisotopic (exact) mass is 355 g/mol. The maximum Gasteiger partial charge on any atom is 0.153 e. The van der Waals surface area contributed by atoms with Gasteiger partial charge in [-0.2, -0.15) is 0 Å². The summed E-state index contributed by atoms with van der Waals surface area (Å²) in [5.41, 5.74) is 8.92. The molecule has 136 valence electrons. The van der Waals surface area contributed by atoms with Gasteiger partial charge in [0.25, 0.3) is 0 Å². The average molecular weight is 355 g/mol. The summed E-state index contributed by atoms with van der Waals surface area (Å²) in [6, 6.07) is 20.9. The van der Waals surface area contributed by atoms with Gasteiger partial charge in [-0.25, -0.2) is 4.98 Å². The number of aromatic nitrogens is 1. The van der Waals surface area contributed by atoms with E-state index in [0.29, 0.717) is 0 Å². The first-order chi connectivity index (χ1) is 12.8. The lowest BCUT2D eigenvalue weighted by atomic mass is 9.83. The van der Waals surface area contributed by atoms with E-state index in [9.17, 15) is 0 Å². The van der Waals surface area contributed by atoms with E-state index in [2.05, 4.69) is 65.0 Å². The molecule has 2 heteroatoms. The molecule has 2 heterocycles. The topological polar surface area (TPSA) is 26.0 Å². The lowest BCUT2D eigenvalue weighted by Crippen LogP contribution is -2.12. The second kappa shape index (κ2) is 6.38. The standard InChI is InChI=1S/C25H25NO/c1-16-13-19(25(3,4)5)14-17(2)24(16)23-15-21-22(27-23)12-11-20(26-21)18-9-7-6-8-10-18/h6-15H,1-5H3. The molecule has 0 bridgehead atoms. The van der Waals surface area contributed by atoms with Gasteiger partial charge in [-0.15, -0.1) is 0 Å². The number of pyridine rings is 1. The second-order valence-corrected chi connectivity index (χ2v) is 8.29. The average Bonchev–Trinajstić information content (AvgIpc) is 3.03. The van der Waals surface area contributed by atoms with Crippen molar-refractivity contribution in [3.8, 4) is 22.6 Å². The van der Waals surface area contributed by atoms with Crippen LogP contribution in [0.25, 0.3) is 33.7 Å². The molecule has 0 N–H and O–H groups in total. The van der Waals surface area contributed by atoms with Gasteiger partial charge in [0, 0.05) is 17.2 Å². The normalized spacial score (nSPS) is 11.9. The first kappa shape index (κ1) is 17.5. The molecule has 0 spiro atoms. The maximum atomic E-state index is 6.17. The van der Waals surface area contributed by atoms with Crippen LogP contribution in [0.5, 0.6) is 0 Å². The Morgan fingerprint density at radius 1 is 0.815 bits per heavy atom. The van der Waals surface area contributed by atoms with Gasteiger partial charge in [0.05, 0.1) is 5.69 Å². The van der Waals surface area contributed by atoms with E-state index in [1.807, 2.05) is 30.3 Å². The van der Waals surface area contributed by atoms with Gasteiger partial charge in [-0.05, 0) is 48.1 Å². The molecule has 0 aliphatic heterocycles. The molecule has 0 saturated carbocycles. The Kier molecular flexibility index (Phi) is 4.15. The number of fused-ring (bicyclic) bond motifs is 1. The summed E-state index contributed by atoms with van der Waals surface area (Å²) < 4.78 is 6.17. The van der Waals surface area contributed by atoms with Crippen molar-refractivity contribution in [2.75, 3.05) is 0 Å². The minimum atomic E-state index is 0.133. The third kappa shape index (κ3) is 3.28. The van der Waals surface area contributed by atoms with Crippen LogP contribution in [0.1, 0.15) is 37.5 Å². The molecule has 2 aromatic heterocycles. The van der Waals surface area contributed by atoms with E-state index >= 15 is 0 Å². The molecule has 0 saturated heterocycles. The third-order valence-electron chi connectivity index (χ3n) is 5.09. The Balaban J connectivity index is 1.81. The molecule has 4 aromatic rings. The summed E-state index contributed by atoms with van der Waals surface area (Å²) >= 11 is 0. The molecular weight excluding hydrogens is 330 g/mol. The zero-order valence-corrected chi connectivity index (χ0v) is 16.6. The van der Waals surface area contributed by atoms with Crippen molar-refractivity contribution < 1.29 is 4.42 Å². The lowest BCUT2D eigenvalue weighted by Gasteiger charge is -2.21. The van der Waals surface area contributed by atoms with Crippen LogP contribution in [0.15, 0.2) is 65.1 Å². The van der Waals surface area contributed by atoms with Crippen LogP contribution < -0.4 is 0 Å². The van der Waals surface area contributed by atoms with Crippen LogP contribution in [0.4, 0.5) is 0 Å². The fourth-order valence-electron chi connectivity index (χ4n) is 3.60. The Morgan fingerprint density at radius 3 is 2.11 bits per heavy atom. The Labute approximate surface area is 160 Å². The second-order valence-electron chi connectivity index (χ2n) is 8.29. The molecule has 0 unspecified atom stereocenters. The van der Waals surface area contributed by atoms with Crippen LogP contribution >= 0.6 is 0 Å². The molecule has 0 atom stereocenters. The first-order valence-corrected chi connectivity index (χ1v) is 9.41. The molecule has 0 aliphatic carbocycles. The van der Waals surface area contributed by atoms with E-state index in [-0.39, 0.29) is 5.41 Å². The van der Waals surface area contributed by atoms with Crippen LogP contribution in [-0.2, 0) is 5.41 Å². The van der Waals surface area contributed by atoms with Crippen LogP contribution in [0.2, 0.25) is 0 Å². The van der Waals surface area contributed by atoms with Crippen LogP contribution in [0.3, 0.4) is 0 Å². The highest BCUT2D eigenvalue weighted by atomic mass is 16.3. The van der Waals surface area contributed by atoms with Gasteiger partial charge in [-0.3, -0.25) is 0 Å². The molecule has 0 fully saturated rings. The van der Waals surface area contributed by atoms with Crippen molar-refractivity contribution in [2.45, 2.75) is 40.0 Å². The number of hydrogen-bond acceptors (Lipinski definition) is 2. The van der Waals surface area contributed by atoms with Crippen molar-refractivity contribution in [3.05, 3.63) is 77.4 Å². The Morgan fingerprint density at radius 2 is 1.48 bits per heavy atom. The van der Waals surface area contributed by atoms with Crippen molar-refractivity contribution in [1.82, 2.24) is 4.98 Å². The largest absolute Gasteiger partial charge is 0.454 e. The van der Waals surface area contributed by atoms with E-state index in [4.69, 9.17) is 9.40 Å². The fourth-order valence-corrected chi connectivity index (χ4v) is 3.60. The van der Waals surface area contributed by atoms with E-state index < -0.39 is 0 Å². The van der Waals surface area contributed by atoms with Crippen molar-refractivity contribution >= 4 is 11.1 Å². The van der Waals surface area contributed by atoms with Gasteiger partial charge >= 0.3 is 0 Å².